The summed E-state index contributed by atoms with van der Waals surface area (Å²) in [5.41, 5.74) is 7.27. The van der Waals surface area contributed by atoms with Gasteiger partial charge in [0.15, 0.2) is 10.1 Å². The Balaban J connectivity index is 1.44. The number of para-hydroxylation sites is 1. The van der Waals surface area contributed by atoms with Crippen molar-refractivity contribution in [3.8, 4) is 5.69 Å². The highest BCUT2D eigenvalue weighted by Crippen LogP contribution is 2.30. The van der Waals surface area contributed by atoms with Gasteiger partial charge in [-0.05, 0) is 63.1 Å². The van der Waals surface area contributed by atoms with E-state index in [0.717, 1.165) is 37.8 Å². The summed E-state index contributed by atoms with van der Waals surface area (Å²) in [4.78, 5) is 12.9. The molecule has 0 spiro atoms. The van der Waals surface area contributed by atoms with Gasteiger partial charge in [0.25, 0.3) is 0 Å². The van der Waals surface area contributed by atoms with Crippen molar-refractivity contribution >= 4 is 39.7 Å². The lowest BCUT2D eigenvalue weighted by molar-refractivity contribution is 0.102. The molecule has 0 radical (unpaired) electrons. The van der Waals surface area contributed by atoms with Crippen molar-refractivity contribution in [3.05, 3.63) is 82.7 Å². The van der Waals surface area contributed by atoms with E-state index in [1.807, 2.05) is 50.2 Å². The first-order valence-corrected chi connectivity index (χ1v) is 11.8. The maximum atomic E-state index is 12.9. The van der Waals surface area contributed by atoms with Crippen LogP contribution >= 0.6 is 23.1 Å². The highest BCUT2D eigenvalue weighted by Gasteiger charge is 2.18. The lowest BCUT2D eigenvalue weighted by Gasteiger charge is -2.09. The molecule has 0 bridgehead atoms. The van der Waals surface area contributed by atoms with Gasteiger partial charge in [-0.2, -0.15) is 0 Å². The number of carbonyl (C=O) groups is 1. The molecule has 0 unspecified atom stereocenters. The Kier molecular flexibility index (Phi) is 6.25. The third-order valence-electron chi connectivity index (χ3n) is 5.33. The number of nitrogens with one attached hydrogen (secondary N) is 1. The summed E-state index contributed by atoms with van der Waals surface area (Å²) in [6.07, 6.45) is 0. The third kappa shape index (κ3) is 4.57. The second-order valence-corrected chi connectivity index (χ2v) is 9.61. The molecule has 2 heterocycles. The van der Waals surface area contributed by atoms with Gasteiger partial charge in [0, 0.05) is 28.3 Å². The number of aromatic nitrogens is 3. The summed E-state index contributed by atoms with van der Waals surface area (Å²) >= 11 is 2.89. The van der Waals surface area contributed by atoms with Gasteiger partial charge in [0.2, 0.25) is 5.13 Å². The molecule has 0 saturated heterocycles. The molecule has 0 aliphatic rings. The lowest BCUT2D eigenvalue weighted by atomic mass is 10.1. The van der Waals surface area contributed by atoms with Crippen LogP contribution in [0.25, 0.3) is 5.69 Å². The minimum absolute atomic E-state index is 0.0968. The molecule has 158 valence electrons. The van der Waals surface area contributed by atoms with Gasteiger partial charge in [-0.1, -0.05) is 53.4 Å². The van der Waals surface area contributed by atoms with Crippen molar-refractivity contribution in [2.24, 2.45) is 0 Å². The van der Waals surface area contributed by atoms with Crippen LogP contribution in [0.5, 0.6) is 0 Å². The van der Waals surface area contributed by atoms with Crippen LogP contribution in [0.4, 0.5) is 10.8 Å². The van der Waals surface area contributed by atoms with Crippen molar-refractivity contribution in [2.75, 3.05) is 11.1 Å². The second kappa shape index (κ2) is 9.08. The predicted octanol–water partition coefficient (Wildman–Crippen LogP) is 6.28. The van der Waals surface area contributed by atoms with Crippen LogP contribution in [0, 0.1) is 27.7 Å². The third-order valence-corrected chi connectivity index (χ3v) is 7.30. The van der Waals surface area contributed by atoms with E-state index in [1.165, 1.54) is 34.2 Å². The zero-order valence-corrected chi connectivity index (χ0v) is 19.6. The van der Waals surface area contributed by atoms with Crippen molar-refractivity contribution in [3.63, 3.8) is 0 Å². The quantitative estimate of drug-likeness (QED) is 0.266. The normalized spacial score (nSPS) is 11.0. The number of hydrogen-bond donors (Lipinski definition) is 1. The number of carbonyl (C=O) groups excluding carboxylic acids is 1. The topological polar surface area (TPSA) is 59.8 Å². The van der Waals surface area contributed by atoms with E-state index in [4.69, 9.17) is 0 Å². The van der Waals surface area contributed by atoms with Crippen molar-refractivity contribution in [2.45, 2.75) is 32.0 Å². The molecular formula is C24H24N4OS2. The highest BCUT2D eigenvalue weighted by molar-refractivity contribution is 8.01. The predicted molar refractivity (Wildman–Crippen MR) is 129 cm³/mol. The molecular weight excluding hydrogens is 424 g/mol. The fourth-order valence-electron chi connectivity index (χ4n) is 3.54. The molecule has 0 aliphatic heterocycles. The summed E-state index contributed by atoms with van der Waals surface area (Å²) in [5, 5.41) is 12.5. The molecule has 0 atom stereocenters. The van der Waals surface area contributed by atoms with Crippen LogP contribution in [-0.4, -0.2) is 26.3 Å². The van der Waals surface area contributed by atoms with Crippen LogP contribution in [0.1, 0.15) is 32.9 Å². The van der Waals surface area contributed by atoms with Crippen molar-refractivity contribution in [1.29, 1.82) is 0 Å². The van der Waals surface area contributed by atoms with Gasteiger partial charge >= 0.3 is 0 Å². The van der Waals surface area contributed by atoms with Gasteiger partial charge in [-0.3, -0.25) is 4.79 Å². The Bertz CT molecular complexity index is 1230. The van der Waals surface area contributed by atoms with E-state index in [-0.39, 0.29) is 5.78 Å². The van der Waals surface area contributed by atoms with Crippen LogP contribution in [0.15, 0.2) is 58.9 Å². The first-order valence-electron chi connectivity index (χ1n) is 10.0. The molecule has 0 aliphatic carbocycles. The second-order valence-electron chi connectivity index (χ2n) is 7.41. The minimum atomic E-state index is 0.0968. The van der Waals surface area contributed by atoms with Crippen LogP contribution in [0.3, 0.4) is 0 Å². The first kappa shape index (κ1) is 21.3. The van der Waals surface area contributed by atoms with Gasteiger partial charge in [-0.15, -0.1) is 10.2 Å². The highest BCUT2D eigenvalue weighted by atomic mass is 32.2. The molecule has 0 fully saturated rings. The maximum Gasteiger partial charge on any atom is 0.210 e. The van der Waals surface area contributed by atoms with E-state index >= 15 is 0 Å². The number of aryl methyl sites for hydroxylation is 2. The summed E-state index contributed by atoms with van der Waals surface area (Å²) in [6.45, 7) is 8.19. The van der Waals surface area contributed by atoms with Crippen molar-refractivity contribution < 1.29 is 4.79 Å². The summed E-state index contributed by atoms with van der Waals surface area (Å²) in [6, 6.07) is 18.2. The average molecular weight is 449 g/mol. The first-order chi connectivity index (χ1) is 14.9. The van der Waals surface area contributed by atoms with Gasteiger partial charge in [0.05, 0.1) is 5.75 Å². The van der Waals surface area contributed by atoms with Crippen LogP contribution < -0.4 is 5.32 Å². The zero-order chi connectivity index (χ0) is 22.0. The number of benzene rings is 2. The smallest absolute Gasteiger partial charge is 0.210 e. The fourth-order valence-corrected chi connectivity index (χ4v) is 5.19. The van der Waals surface area contributed by atoms with Crippen molar-refractivity contribution in [1.82, 2.24) is 14.8 Å². The van der Waals surface area contributed by atoms with Gasteiger partial charge in [0.1, 0.15) is 0 Å². The minimum Gasteiger partial charge on any atom is -0.330 e. The molecule has 2 aromatic carbocycles. The Morgan fingerprint density at radius 2 is 1.81 bits per heavy atom. The molecule has 1 N–H and O–H groups in total. The van der Waals surface area contributed by atoms with Gasteiger partial charge < -0.3 is 9.88 Å². The zero-order valence-electron chi connectivity index (χ0n) is 18.0. The molecule has 0 saturated carbocycles. The monoisotopic (exact) mass is 448 g/mol. The standard InChI is InChI=1S/C24H24N4OS2/c1-15-9-8-12-21(17(15)3)25-23-26-27-24(31-23)30-14-22(29)20-13-16(2)28(18(20)4)19-10-6-5-7-11-19/h5-13H,14H2,1-4H3,(H,25,26). The van der Waals surface area contributed by atoms with Gasteiger partial charge in [-0.25, -0.2) is 0 Å². The number of hydrogen-bond acceptors (Lipinski definition) is 6. The Labute approximate surface area is 190 Å². The number of ketones is 1. The molecule has 0 amide bonds. The molecule has 31 heavy (non-hydrogen) atoms. The molecule has 5 nitrogen and oxygen atoms in total. The van der Waals surface area contributed by atoms with E-state index in [1.54, 1.807) is 0 Å². The fraction of sp³-hybridized carbons (Fsp3) is 0.208. The maximum absolute atomic E-state index is 12.9. The Morgan fingerprint density at radius 1 is 1.03 bits per heavy atom. The summed E-state index contributed by atoms with van der Waals surface area (Å²) in [5.74, 6) is 0.427. The SMILES string of the molecule is Cc1cccc(Nc2nnc(SCC(=O)c3cc(C)n(-c4ccccc4)c3C)s2)c1C. The number of anilines is 2. The number of Topliss-reactive ketones (excluding diaryl/α,β-unsaturated/α-hetero) is 1. The average Bonchev–Trinajstić information content (AvgIpc) is 3.33. The molecule has 7 heteroatoms. The lowest BCUT2D eigenvalue weighted by Crippen LogP contribution is -2.05. The number of nitrogens with zero attached hydrogens (tertiary/aromatic N) is 3. The summed E-state index contributed by atoms with van der Waals surface area (Å²) < 4.78 is 2.90. The summed E-state index contributed by atoms with van der Waals surface area (Å²) in [7, 11) is 0. The van der Waals surface area contributed by atoms with E-state index in [2.05, 4.69) is 52.1 Å². The number of rotatable bonds is 7. The number of thioether (sulfide) groups is 1. The molecule has 4 aromatic rings. The van der Waals surface area contributed by atoms with E-state index < -0.39 is 0 Å². The molecule has 2 aromatic heterocycles. The van der Waals surface area contributed by atoms with Crippen LogP contribution in [-0.2, 0) is 0 Å². The van der Waals surface area contributed by atoms with E-state index in [9.17, 15) is 4.79 Å². The van der Waals surface area contributed by atoms with E-state index in [0.29, 0.717) is 5.75 Å². The Hall–Kier alpha value is -2.90. The molecule has 4 rings (SSSR count). The Morgan fingerprint density at radius 3 is 2.58 bits per heavy atom. The van der Waals surface area contributed by atoms with Crippen LogP contribution in [0.2, 0.25) is 0 Å². The largest absolute Gasteiger partial charge is 0.330 e.